The van der Waals surface area contributed by atoms with Crippen LogP contribution in [0.4, 0.5) is 8.78 Å². The van der Waals surface area contributed by atoms with E-state index in [1.54, 1.807) is 34.6 Å². The van der Waals surface area contributed by atoms with Crippen LogP contribution >= 0.6 is 23.5 Å². The number of halogens is 3. The molecule has 1 heterocycles. The van der Waals surface area contributed by atoms with E-state index in [1.165, 1.54) is 24.3 Å². The lowest BCUT2D eigenvalue weighted by atomic mass is 10.1. The van der Waals surface area contributed by atoms with Crippen molar-refractivity contribution < 1.29 is 36.4 Å². The number of aromatic nitrogens is 2. The predicted octanol–water partition coefficient (Wildman–Crippen LogP) is 5.49. The first-order chi connectivity index (χ1) is 14.8. The minimum absolute atomic E-state index is 0.00665. The first kappa shape index (κ1) is 26.6. The van der Waals surface area contributed by atoms with Gasteiger partial charge >= 0.3 is 19.5 Å². The molecule has 0 amide bonds. The Morgan fingerprint density at radius 2 is 1.72 bits per heavy atom. The van der Waals surface area contributed by atoms with E-state index in [-0.39, 0.29) is 24.7 Å². The molecule has 0 bridgehead atoms. The van der Waals surface area contributed by atoms with Gasteiger partial charge in [0.1, 0.15) is 5.60 Å². The van der Waals surface area contributed by atoms with Crippen molar-refractivity contribution in [2.24, 2.45) is 0 Å². The molecule has 2 aromatic rings. The molecule has 32 heavy (non-hydrogen) atoms. The third-order valence-electron chi connectivity index (χ3n) is 4.00. The first-order valence-electron chi connectivity index (χ1n) is 9.91. The van der Waals surface area contributed by atoms with Crippen LogP contribution in [-0.2, 0) is 35.5 Å². The molecule has 0 aliphatic carbocycles. The number of rotatable bonds is 10. The van der Waals surface area contributed by atoms with Gasteiger partial charge < -0.3 is 18.3 Å². The van der Waals surface area contributed by atoms with Gasteiger partial charge in [-0.2, -0.15) is 13.8 Å². The number of carbonyl (C=O) groups is 1. The highest BCUT2D eigenvalue weighted by Crippen LogP contribution is 2.54. The van der Waals surface area contributed by atoms with Crippen LogP contribution in [0.5, 0.6) is 0 Å². The summed E-state index contributed by atoms with van der Waals surface area (Å²) in [5.41, 5.74) is -2.71. The average molecular weight is 539 g/mol. The maximum Gasteiger partial charge on any atom is 0.345 e. The second-order valence-electron chi connectivity index (χ2n) is 7.72. The van der Waals surface area contributed by atoms with E-state index < -0.39 is 43.0 Å². The van der Waals surface area contributed by atoms with E-state index in [1.807, 2.05) is 0 Å². The second-order valence-corrected chi connectivity index (χ2v) is 10.9. The van der Waals surface area contributed by atoms with Crippen molar-refractivity contribution in [2.45, 2.75) is 58.2 Å². The van der Waals surface area contributed by atoms with Crippen LogP contribution in [0.15, 0.2) is 33.3 Å². The summed E-state index contributed by atoms with van der Waals surface area (Å²) >= 11 is 3.19. The van der Waals surface area contributed by atoms with Crippen LogP contribution in [0.1, 0.15) is 51.9 Å². The van der Waals surface area contributed by atoms with Gasteiger partial charge in [0.05, 0.1) is 19.6 Å². The molecule has 8 nitrogen and oxygen atoms in total. The SMILES string of the molecule is CCOP(=O)(OCC)C(Cc1nc(C(F)(F)c2ccc(Br)cc2)no1)C(=O)OC(C)(C)C. The Labute approximate surface area is 193 Å². The highest BCUT2D eigenvalue weighted by atomic mass is 79.9. The van der Waals surface area contributed by atoms with Crippen LogP contribution < -0.4 is 0 Å². The Hall–Kier alpha value is -1.68. The monoisotopic (exact) mass is 538 g/mol. The van der Waals surface area contributed by atoms with Crippen LogP contribution in [0.25, 0.3) is 0 Å². The van der Waals surface area contributed by atoms with Gasteiger partial charge in [0.2, 0.25) is 11.7 Å². The van der Waals surface area contributed by atoms with Crippen molar-refractivity contribution in [3.63, 3.8) is 0 Å². The van der Waals surface area contributed by atoms with Crippen molar-refractivity contribution in [2.75, 3.05) is 13.2 Å². The Kier molecular flexibility index (Phi) is 8.72. The van der Waals surface area contributed by atoms with Crippen LogP contribution in [0.2, 0.25) is 0 Å². The molecule has 178 valence electrons. The fraction of sp³-hybridized carbons (Fsp3) is 0.550. The summed E-state index contributed by atoms with van der Waals surface area (Å²) in [6.45, 7) is 8.07. The summed E-state index contributed by atoms with van der Waals surface area (Å²) in [5, 5.41) is 3.38. The van der Waals surface area contributed by atoms with Crippen LogP contribution in [0.3, 0.4) is 0 Å². The summed E-state index contributed by atoms with van der Waals surface area (Å²) in [6, 6.07) is 5.37. The summed E-state index contributed by atoms with van der Waals surface area (Å²) in [4.78, 5) is 16.6. The molecule has 1 unspecified atom stereocenters. The van der Waals surface area contributed by atoms with E-state index in [0.717, 1.165) is 0 Å². The zero-order chi connectivity index (χ0) is 24.2. The van der Waals surface area contributed by atoms with Crippen LogP contribution in [0, 0.1) is 0 Å². The molecule has 0 aliphatic heterocycles. The fourth-order valence-corrected chi connectivity index (χ4v) is 4.80. The van der Waals surface area contributed by atoms with Gasteiger partial charge in [0.25, 0.3) is 0 Å². The topological polar surface area (TPSA) is 101 Å². The molecule has 0 saturated carbocycles. The quantitative estimate of drug-likeness (QED) is 0.289. The van der Waals surface area contributed by atoms with E-state index in [2.05, 4.69) is 26.1 Å². The molecule has 0 saturated heterocycles. The van der Waals surface area contributed by atoms with Gasteiger partial charge in [-0.05, 0) is 46.8 Å². The molecular weight excluding hydrogens is 513 g/mol. The molecule has 12 heteroatoms. The number of ether oxygens (including phenoxy) is 1. The lowest BCUT2D eigenvalue weighted by molar-refractivity contribution is -0.154. The van der Waals surface area contributed by atoms with Crippen molar-refractivity contribution in [3.05, 3.63) is 46.0 Å². The molecule has 0 N–H and O–H groups in total. The minimum Gasteiger partial charge on any atom is -0.459 e. The molecular formula is C20H26BrF2N2O6P. The molecule has 1 aromatic carbocycles. The van der Waals surface area contributed by atoms with Gasteiger partial charge in [0.15, 0.2) is 5.66 Å². The number of alkyl halides is 2. The summed E-state index contributed by atoms with van der Waals surface area (Å²) < 4.78 is 64.5. The summed E-state index contributed by atoms with van der Waals surface area (Å²) in [5.74, 6) is -5.65. The number of nitrogens with zero attached hydrogens (tertiary/aromatic N) is 2. The number of carbonyl (C=O) groups excluding carboxylic acids is 1. The van der Waals surface area contributed by atoms with E-state index in [0.29, 0.717) is 4.47 Å². The summed E-state index contributed by atoms with van der Waals surface area (Å²) in [7, 11) is -4.03. The van der Waals surface area contributed by atoms with Crippen molar-refractivity contribution in [3.8, 4) is 0 Å². The average Bonchev–Trinajstić information content (AvgIpc) is 3.15. The van der Waals surface area contributed by atoms with E-state index in [4.69, 9.17) is 18.3 Å². The molecule has 1 aromatic heterocycles. The Bertz CT molecular complexity index is 952. The Balaban J connectivity index is 2.37. The molecule has 0 spiro atoms. The van der Waals surface area contributed by atoms with Gasteiger partial charge in [0, 0.05) is 10.0 Å². The molecule has 1 atom stereocenters. The summed E-state index contributed by atoms with van der Waals surface area (Å²) in [6.07, 6.45) is -0.463. The molecule has 2 rings (SSSR count). The largest absolute Gasteiger partial charge is 0.459 e. The van der Waals surface area contributed by atoms with Crippen molar-refractivity contribution in [1.29, 1.82) is 0 Å². The van der Waals surface area contributed by atoms with Crippen molar-refractivity contribution >= 4 is 29.5 Å². The maximum absolute atomic E-state index is 14.8. The Morgan fingerprint density at radius 1 is 1.16 bits per heavy atom. The lowest BCUT2D eigenvalue weighted by Crippen LogP contribution is -2.34. The highest BCUT2D eigenvalue weighted by Gasteiger charge is 2.46. The van der Waals surface area contributed by atoms with E-state index in [9.17, 15) is 18.1 Å². The van der Waals surface area contributed by atoms with Gasteiger partial charge in [-0.15, -0.1) is 0 Å². The fourth-order valence-electron chi connectivity index (χ4n) is 2.69. The van der Waals surface area contributed by atoms with Crippen molar-refractivity contribution in [1.82, 2.24) is 10.1 Å². The second kappa shape index (κ2) is 10.5. The first-order valence-corrected chi connectivity index (χ1v) is 12.3. The van der Waals surface area contributed by atoms with Gasteiger partial charge in [-0.1, -0.05) is 33.2 Å². The standard InChI is InChI=1S/C20H26BrF2N2O6P/c1-6-28-32(27,29-7-2)15(17(26)30-19(3,4)5)12-16-24-18(25-31-16)20(22,23)13-8-10-14(21)11-9-13/h8-11,15H,6-7,12H2,1-5H3. The highest BCUT2D eigenvalue weighted by molar-refractivity contribution is 9.10. The molecule has 0 fully saturated rings. The third-order valence-corrected chi connectivity index (χ3v) is 6.92. The molecule has 0 aliphatic rings. The number of esters is 1. The van der Waals surface area contributed by atoms with Gasteiger partial charge in [-0.25, -0.2) is 0 Å². The zero-order valence-corrected chi connectivity index (χ0v) is 20.9. The normalized spacial score (nSPS) is 13.8. The maximum atomic E-state index is 14.8. The number of hydrogen-bond acceptors (Lipinski definition) is 8. The molecule has 0 radical (unpaired) electrons. The minimum atomic E-state index is -4.03. The zero-order valence-electron chi connectivity index (χ0n) is 18.4. The van der Waals surface area contributed by atoms with Crippen LogP contribution in [-0.4, -0.2) is 40.6 Å². The third kappa shape index (κ3) is 6.66. The van der Waals surface area contributed by atoms with Gasteiger partial charge in [-0.3, -0.25) is 9.36 Å². The smallest absolute Gasteiger partial charge is 0.345 e. The predicted molar refractivity (Wildman–Crippen MR) is 116 cm³/mol. The lowest BCUT2D eigenvalue weighted by Gasteiger charge is -2.27. The van der Waals surface area contributed by atoms with E-state index >= 15 is 0 Å². The number of hydrogen-bond donors (Lipinski definition) is 0. The number of benzene rings is 1. The Morgan fingerprint density at radius 3 is 2.22 bits per heavy atom.